The van der Waals surface area contributed by atoms with Gasteiger partial charge in [-0.3, -0.25) is 0 Å². The molecule has 0 unspecified atom stereocenters. The summed E-state index contributed by atoms with van der Waals surface area (Å²) in [5.74, 6) is 1.72. The maximum Gasteiger partial charge on any atom is 0.124 e. The Morgan fingerprint density at radius 1 is 1.33 bits per heavy atom. The van der Waals surface area contributed by atoms with E-state index in [1.54, 1.807) is 7.11 Å². The highest BCUT2D eigenvalue weighted by molar-refractivity contribution is 5.40. The standard InChI is InChI=1S/C17H26N2O2/c1-5-19-12-14-11-15(20-4)7-8-16(14)21-10-6-9-17(2,3)13-18/h7-8,11,19H,5-6,9-10,12H2,1-4H3. The van der Waals surface area contributed by atoms with Crippen LogP contribution in [0.3, 0.4) is 0 Å². The van der Waals surface area contributed by atoms with Gasteiger partial charge in [-0.25, -0.2) is 0 Å². The Morgan fingerprint density at radius 2 is 2.10 bits per heavy atom. The van der Waals surface area contributed by atoms with Crippen LogP contribution < -0.4 is 14.8 Å². The van der Waals surface area contributed by atoms with Crippen molar-refractivity contribution < 1.29 is 9.47 Å². The fraction of sp³-hybridized carbons (Fsp3) is 0.588. The predicted molar refractivity (Wildman–Crippen MR) is 84.5 cm³/mol. The van der Waals surface area contributed by atoms with Gasteiger partial charge in [0.05, 0.1) is 25.2 Å². The Labute approximate surface area is 128 Å². The number of nitrogens with one attached hydrogen (secondary N) is 1. The highest BCUT2D eigenvalue weighted by Gasteiger charge is 2.16. The first-order valence-corrected chi connectivity index (χ1v) is 7.44. The first-order chi connectivity index (χ1) is 10.0. The molecule has 0 aliphatic carbocycles. The molecule has 1 N–H and O–H groups in total. The number of nitriles is 1. The summed E-state index contributed by atoms with van der Waals surface area (Å²) in [5, 5.41) is 12.3. The SMILES string of the molecule is CCNCc1cc(OC)ccc1OCCCC(C)(C)C#N. The van der Waals surface area contributed by atoms with Crippen LogP contribution in [0.15, 0.2) is 18.2 Å². The number of hydrogen-bond acceptors (Lipinski definition) is 4. The lowest BCUT2D eigenvalue weighted by atomic mass is 9.90. The normalized spacial score (nSPS) is 11.0. The fourth-order valence-corrected chi connectivity index (χ4v) is 1.97. The third kappa shape index (κ3) is 6.05. The first kappa shape index (κ1) is 17.3. The van der Waals surface area contributed by atoms with E-state index in [0.29, 0.717) is 6.61 Å². The Morgan fingerprint density at radius 3 is 2.71 bits per heavy atom. The average molecular weight is 290 g/mol. The molecule has 0 aliphatic rings. The van der Waals surface area contributed by atoms with E-state index in [2.05, 4.69) is 18.3 Å². The lowest BCUT2D eigenvalue weighted by Crippen LogP contribution is -2.14. The van der Waals surface area contributed by atoms with Gasteiger partial charge in [-0.1, -0.05) is 6.92 Å². The van der Waals surface area contributed by atoms with Crippen molar-refractivity contribution in [2.24, 2.45) is 5.41 Å². The van der Waals surface area contributed by atoms with Gasteiger partial charge < -0.3 is 14.8 Å². The van der Waals surface area contributed by atoms with Crippen LogP contribution in [-0.2, 0) is 6.54 Å². The third-order valence-electron chi connectivity index (χ3n) is 3.34. The van der Waals surface area contributed by atoms with Crippen LogP contribution in [0.5, 0.6) is 11.5 Å². The van der Waals surface area contributed by atoms with Crippen molar-refractivity contribution in [3.05, 3.63) is 23.8 Å². The highest BCUT2D eigenvalue weighted by atomic mass is 16.5. The molecule has 21 heavy (non-hydrogen) atoms. The predicted octanol–water partition coefficient (Wildman–Crippen LogP) is 3.51. The van der Waals surface area contributed by atoms with E-state index in [-0.39, 0.29) is 5.41 Å². The van der Waals surface area contributed by atoms with Gasteiger partial charge in [0, 0.05) is 12.1 Å². The van der Waals surface area contributed by atoms with Crippen molar-refractivity contribution in [2.45, 2.75) is 40.2 Å². The van der Waals surface area contributed by atoms with Crippen molar-refractivity contribution in [1.82, 2.24) is 5.32 Å². The van der Waals surface area contributed by atoms with Crippen LogP contribution in [0.4, 0.5) is 0 Å². The summed E-state index contributed by atoms with van der Waals surface area (Å²) in [6, 6.07) is 8.16. The highest BCUT2D eigenvalue weighted by Crippen LogP contribution is 2.25. The molecule has 1 aromatic carbocycles. The summed E-state index contributed by atoms with van der Waals surface area (Å²) >= 11 is 0. The van der Waals surface area contributed by atoms with E-state index in [1.807, 2.05) is 32.0 Å². The molecule has 1 rings (SSSR count). The van der Waals surface area contributed by atoms with Gasteiger partial charge in [-0.15, -0.1) is 0 Å². The largest absolute Gasteiger partial charge is 0.497 e. The number of methoxy groups -OCH3 is 1. The molecule has 0 saturated heterocycles. The number of benzene rings is 1. The van der Waals surface area contributed by atoms with Gasteiger partial charge in [0.15, 0.2) is 0 Å². The smallest absolute Gasteiger partial charge is 0.124 e. The molecular weight excluding hydrogens is 264 g/mol. The minimum Gasteiger partial charge on any atom is -0.497 e. The maximum absolute atomic E-state index is 9.00. The molecule has 116 valence electrons. The Kier molecular flexibility index (Phi) is 7.04. The lowest BCUT2D eigenvalue weighted by Gasteiger charge is -2.16. The van der Waals surface area contributed by atoms with Gasteiger partial charge in [0.1, 0.15) is 11.5 Å². The van der Waals surface area contributed by atoms with Crippen LogP contribution in [-0.4, -0.2) is 20.3 Å². The Balaban J connectivity index is 2.59. The minimum atomic E-state index is -0.282. The maximum atomic E-state index is 9.00. The van der Waals surface area contributed by atoms with Crippen molar-refractivity contribution >= 4 is 0 Å². The van der Waals surface area contributed by atoms with Crippen molar-refractivity contribution in [3.8, 4) is 17.6 Å². The zero-order chi connectivity index (χ0) is 15.7. The topological polar surface area (TPSA) is 54.3 Å². The van der Waals surface area contributed by atoms with E-state index in [4.69, 9.17) is 14.7 Å². The summed E-state index contributed by atoms with van der Waals surface area (Å²) in [5.41, 5.74) is 0.811. The molecule has 0 spiro atoms. The van der Waals surface area contributed by atoms with Crippen LogP contribution in [0, 0.1) is 16.7 Å². The molecule has 4 nitrogen and oxygen atoms in total. The number of hydrogen-bond donors (Lipinski definition) is 1. The summed E-state index contributed by atoms with van der Waals surface area (Å²) in [6.07, 6.45) is 1.70. The summed E-state index contributed by atoms with van der Waals surface area (Å²) in [7, 11) is 1.66. The van der Waals surface area contributed by atoms with Gasteiger partial charge in [0.25, 0.3) is 0 Å². The number of ether oxygens (including phenoxy) is 2. The van der Waals surface area contributed by atoms with Gasteiger partial charge in [-0.05, 0) is 51.4 Å². The molecule has 1 aromatic rings. The van der Waals surface area contributed by atoms with Crippen LogP contribution in [0.25, 0.3) is 0 Å². The first-order valence-electron chi connectivity index (χ1n) is 7.44. The van der Waals surface area contributed by atoms with Crippen LogP contribution >= 0.6 is 0 Å². The molecule has 0 fully saturated rings. The number of rotatable bonds is 9. The summed E-state index contributed by atoms with van der Waals surface area (Å²) in [4.78, 5) is 0. The molecule has 0 atom stereocenters. The van der Waals surface area contributed by atoms with Crippen molar-refractivity contribution in [1.29, 1.82) is 5.26 Å². The van der Waals surface area contributed by atoms with Gasteiger partial charge in [0.2, 0.25) is 0 Å². The van der Waals surface area contributed by atoms with Gasteiger partial charge in [-0.2, -0.15) is 5.26 Å². The third-order valence-corrected chi connectivity index (χ3v) is 3.34. The summed E-state index contributed by atoms with van der Waals surface area (Å²) in [6.45, 7) is 8.27. The second kappa shape index (κ2) is 8.53. The minimum absolute atomic E-state index is 0.282. The fourth-order valence-electron chi connectivity index (χ4n) is 1.97. The van der Waals surface area contributed by atoms with E-state index in [0.717, 1.165) is 43.0 Å². The molecule has 0 radical (unpaired) electrons. The summed E-state index contributed by atoms with van der Waals surface area (Å²) < 4.78 is 11.1. The molecule has 0 amide bonds. The quantitative estimate of drug-likeness (QED) is 0.707. The zero-order valence-corrected chi connectivity index (χ0v) is 13.5. The van der Waals surface area contributed by atoms with Crippen molar-refractivity contribution in [2.75, 3.05) is 20.3 Å². The van der Waals surface area contributed by atoms with E-state index in [1.165, 1.54) is 0 Å². The molecule has 0 saturated carbocycles. The van der Waals surface area contributed by atoms with Crippen LogP contribution in [0.1, 0.15) is 39.2 Å². The van der Waals surface area contributed by atoms with Gasteiger partial charge >= 0.3 is 0 Å². The number of nitrogens with zero attached hydrogens (tertiary/aromatic N) is 1. The van der Waals surface area contributed by atoms with E-state index >= 15 is 0 Å². The second-order valence-corrected chi connectivity index (χ2v) is 5.70. The second-order valence-electron chi connectivity index (χ2n) is 5.70. The average Bonchev–Trinajstić information content (AvgIpc) is 2.50. The molecule has 0 aliphatic heterocycles. The monoisotopic (exact) mass is 290 g/mol. The van der Waals surface area contributed by atoms with Crippen molar-refractivity contribution in [3.63, 3.8) is 0 Å². The Hall–Kier alpha value is -1.73. The molecule has 4 heteroatoms. The van der Waals surface area contributed by atoms with E-state index < -0.39 is 0 Å². The molecule has 0 heterocycles. The zero-order valence-electron chi connectivity index (χ0n) is 13.5. The van der Waals surface area contributed by atoms with E-state index in [9.17, 15) is 0 Å². The molecular formula is C17H26N2O2. The van der Waals surface area contributed by atoms with Crippen LogP contribution in [0.2, 0.25) is 0 Å². The Bertz CT molecular complexity index is 478. The molecule has 0 aromatic heterocycles. The molecule has 0 bridgehead atoms. The lowest BCUT2D eigenvalue weighted by molar-refractivity contribution is 0.281.